The topological polar surface area (TPSA) is 72.4 Å². The first-order valence-corrected chi connectivity index (χ1v) is 6.64. The number of hydrogen-bond acceptors (Lipinski definition) is 4. The predicted octanol–water partition coefficient (Wildman–Crippen LogP) is 2.24. The lowest BCUT2D eigenvalue weighted by Crippen LogP contribution is -2.29. The van der Waals surface area contributed by atoms with E-state index in [-0.39, 0.29) is 22.7 Å². The van der Waals surface area contributed by atoms with Crippen molar-refractivity contribution in [1.82, 2.24) is 4.90 Å². The van der Waals surface area contributed by atoms with Gasteiger partial charge in [-0.3, -0.25) is 15.0 Å². The van der Waals surface area contributed by atoms with Crippen molar-refractivity contribution in [3.63, 3.8) is 0 Å². The molecule has 1 heterocycles. The Morgan fingerprint density at radius 2 is 2.16 bits per heavy atom. The highest BCUT2D eigenvalue weighted by atomic mass is 16.6. The normalized spacial score (nSPS) is 25.5. The summed E-state index contributed by atoms with van der Waals surface area (Å²) in [5.74, 6) is 0.475. The maximum atomic E-state index is 11.0. The summed E-state index contributed by atoms with van der Waals surface area (Å²) in [4.78, 5) is 13.0. The SMILES string of the molecule is Cc1ccc(C(C)N2CC(C)C(N)C2)cc1[N+](=O)[O-]. The van der Waals surface area contributed by atoms with Gasteiger partial charge in [-0.05, 0) is 25.3 Å². The molecule has 0 spiro atoms. The fraction of sp³-hybridized carbons (Fsp3) is 0.571. The molecule has 0 aliphatic carbocycles. The zero-order valence-electron chi connectivity index (χ0n) is 11.7. The van der Waals surface area contributed by atoms with Crippen LogP contribution in [-0.2, 0) is 0 Å². The van der Waals surface area contributed by atoms with Crippen molar-refractivity contribution in [2.45, 2.75) is 32.9 Å². The number of hydrogen-bond donors (Lipinski definition) is 1. The molecule has 1 saturated heterocycles. The number of rotatable bonds is 3. The molecule has 1 aliphatic heterocycles. The molecular formula is C14H21N3O2. The average Bonchev–Trinajstić information content (AvgIpc) is 2.69. The lowest BCUT2D eigenvalue weighted by Gasteiger charge is -2.24. The summed E-state index contributed by atoms with van der Waals surface area (Å²) in [6, 6.07) is 5.84. The van der Waals surface area contributed by atoms with Gasteiger partial charge in [0.15, 0.2) is 0 Å². The Kier molecular flexibility index (Phi) is 3.87. The fourth-order valence-electron chi connectivity index (χ4n) is 2.64. The smallest absolute Gasteiger partial charge is 0.272 e. The minimum absolute atomic E-state index is 0.162. The highest BCUT2D eigenvalue weighted by Crippen LogP contribution is 2.29. The summed E-state index contributed by atoms with van der Waals surface area (Å²) in [5, 5.41) is 11.0. The molecule has 1 fully saturated rings. The van der Waals surface area contributed by atoms with E-state index in [1.54, 1.807) is 13.0 Å². The monoisotopic (exact) mass is 263 g/mol. The average molecular weight is 263 g/mol. The minimum atomic E-state index is -0.316. The van der Waals surface area contributed by atoms with Crippen LogP contribution in [0.2, 0.25) is 0 Å². The van der Waals surface area contributed by atoms with Gasteiger partial charge in [-0.1, -0.05) is 19.1 Å². The van der Waals surface area contributed by atoms with Crippen molar-refractivity contribution in [3.05, 3.63) is 39.4 Å². The van der Waals surface area contributed by atoms with Gasteiger partial charge in [0.05, 0.1) is 4.92 Å². The van der Waals surface area contributed by atoms with Crippen molar-refractivity contribution in [1.29, 1.82) is 0 Å². The maximum Gasteiger partial charge on any atom is 0.272 e. The lowest BCUT2D eigenvalue weighted by molar-refractivity contribution is -0.385. The van der Waals surface area contributed by atoms with E-state index in [1.807, 2.05) is 12.1 Å². The summed E-state index contributed by atoms with van der Waals surface area (Å²) >= 11 is 0. The van der Waals surface area contributed by atoms with E-state index < -0.39 is 0 Å². The second-order valence-corrected chi connectivity index (χ2v) is 5.57. The third-order valence-corrected chi connectivity index (χ3v) is 4.16. The third-order valence-electron chi connectivity index (χ3n) is 4.16. The molecular weight excluding hydrogens is 242 g/mol. The van der Waals surface area contributed by atoms with Gasteiger partial charge in [-0.2, -0.15) is 0 Å². The highest BCUT2D eigenvalue weighted by molar-refractivity contribution is 5.43. The van der Waals surface area contributed by atoms with Crippen molar-refractivity contribution >= 4 is 5.69 Å². The van der Waals surface area contributed by atoms with Gasteiger partial charge in [-0.15, -0.1) is 0 Å². The molecule has 3 atom stereocenters. The van der Waals surface area contributed by atoms with Crippen molar-refractivity contribution < 1.29 is 4.92 Å². The van der Waals surface area contributed by atoms with Crippen molar-refractivity contribution in [3.8, 4) is 0 Å². The highest BCUT2D eigenvalue weighted by Gasteiger charge is 2.30. The summed E-state index contributed by atoms with van der Waals surface area (Å²) in [6.07, 6.45) is 0. The van der Waals surface area contributed by atoms with E-state index in [9.17, 15) is 10.1 Å². The van der Waals surface area contributed by atoms with Gasteiger partial charge in [-0.25, -0.2) is 0 Å². The summed E-state index contributed by atoms with van der Waals surface area (Å²) < 4.78 is 0. The maximum absolute atomic E-state index is 11.0. The van der Waals surface area contributed by atoms with Gasteiger partial charge in [0.2, 0.25) is 0 Å². The van der Waals surface area contributed by atoms with Crippen LogP contribution in [0.5, 0.6) is 0 Å². The van der Waals surface area contributed by atoms with Crippen molar-refractivity contribution in [2.24, 2.45) is 11.7 Å². The molecule has 5 heteroatoms. The number of nitro benzene ring substituents is 1. The number of aryl methyl sites for hydroxylation is 1. The fourth-order valence-corrected chi connectivity index (χ4v) is 2.64. The van der Waals surface area contributed by atoms with Gasteiger partial charge in [0.25, 0.3) is 5.69 Å². The number of benzene rings is 1. The molecule has 0 radical (unpaired) electrons. The molecule has 104 valence electrons. The summed E-state index contributed by atoms with van der Waals surface area (Å²) in [6.45, 7) is 7.79. The molecule has 2 rings (SSSR count). The molecule has 0 bridgehead atoms. The largest absolute Gasteiger partial charge is 0.326 e. The van der Waals surface area contributed by atoms with E-state index in [4.69, 9.17) is 5.73 Å². The second-order valence-electron chi connectivity index (χ2n) is 5.57. The lowest BCUT2D eigenvalue weighted by atomic mass is 10.0. The number of nitrogens with two attached hydrogens (primary N) is 1. The molecule has 2 N–H and O–H groups in total. The quantitative estimate of drug-likeness (QED) is 0.670. The molecule has 19 heavy (non-hydrogen) atoms. The van der Waals surface area contributed by atoms with Gasteiger partial charge < -0.3 is 5.73 Å². The Morgan fingerprint density at radius 1 is 1.47 bits per heavy atom. The molecule has 3 unspecified atom stereocenters. The zero-order chi connectivity index (χ0) is 14.2. The molecule has 1 aromatic carbocycles. The van der Waals surface area contributed by atoms with Crippen LogP contribution >= 0.6 is 0 Å². The molecule has 0 amide bonds. The van der Waals surface area contributed by atoms with E-state index >= 15 is 0 Å². The first-order valence-electron chi connectivity index (χ1n) is 6.64. The van der Waals surface area contributed by atoms with Gasteiger partial charge in [0.1, 0.15) is 0 Å². The van der Waals surface area contributed by atoms with Crippen LogP contribution in [0.3, 0.4) is 0 Å². The van der Waals surface area contributed by atoms with E-state index in [2.05, 4.69) is 18.7 Å². The molecule has 0 saturated carbocycles. The molecule has 1 aliphatic rings. The Balaban J connectivity index is 2.22. The van der Waals surface area contributed by atoms with Crippen LogP contribution < -0.4 is 5.73 Å². The third kappa shape index (κ3) is 2.77. The first kappa shape index (κ1) is 14.0. The van der Waals surface area contributed by atoms with E-state index in [0.29, 0.717) is 11.5 Å². The van der Waals surface area contributed by atoms with Crippen LogP contribution in [-0.4, -0.2) is 29.0 Å². The Labute approximate surface area is 113 Å². The van der Waals surface area contributed by atoms with Gasteiger partial charge in [0, 0.05) is 36.8 Å². The number of likely N-dealkylation sites (tertiary alicyclic amines) is 1. The van der Waals surface area contributed by atoms with Crippen LogP contribution in [0.15, 0.2) is 18.2 Å². The number of nitrogens with zero attached hydrogens (tertiary/aromatic N) is 2. The van der Waals surface area contributed by atoms with Crippen molar-refractivity contribution in [2.75, 3.05) is 13.1 Å². The zero-order valence-corrected chi connectivity index (χ0v) is 11.7. The van der Waals surface area contributed by atoms with Crippen LogP contribution in [0.4, 0.5) is 5.69 Å². The van der Waals surface area contributed by atoms with Crippen LogP contribution in [0.1, 0.15) is 31.0 Å². The van der Waals surface area contributed by atoms with E-state index in [1.165, 1.54) is 0 Å². The Bertz CT molecular complexity index is 480. The number of nitro groups is 1. The molecule has 1 aromatic rings. The Morgan fingerprint density at radius 3 is 2.68 bits per heavy atom. The minimum Gasteiger partial charge on any atom is -0.326 e. The standard InChI is InChI=1S/C14H21N3O2/c1-9-4-5-12(6-14(9)17(18)19)11(3)16-7-10(2)13(15)8-16/h4-6,10-11,13H,7-8,15H2,1-3H3. The molecule has 5 nitrogen and oxygen atoms in total. The second kappa shape index (κ2) is 5.27. The van der Waals surface area contributed by atoms with Crippen LogP contribution in [0.25, 0.3) is 0 Å². The Hall–Kier alpha value is -1.46. The predicted molar refractivity (Wildman–Crippen MR) is 75.0 cm³/mol. The van der Waals surface area contributed by atoms with Gasteiger partial charge >= 0.3 is 0 Å². The summed E-state index contributed by atoms with van der Waals surface area (Å²) in [5.41, 5.74) is 7.92. The van der Waals surface area contributed by atoms with E-state index in [0.717, 1.165) is 18.7 Å². The summed E-state index contributed by atoms with van der Waals surface area (Å²) in [7, 11) is 0. The first-order chi connectivity index (χ1) is 8.90. The van der Waals surface area contributed by atoms with Crippen LogP contribution in [0, 0.1) is 23.0 Å². The molecule has 0 aromatic heterocycles.